The van der Waals surface area contributed by atoms with Gasteiger partial charge in [-0.15, -0.1) is 0 Å². The molecule has 0 saturated heterocycles. The molecule has 0 aliphatic heterocycles. The van der Waals surface area contributed by atoms with Crippen LogP contribution in [0.3, 0.4) is 0 Å². The number of hydrogen-bond donors (Lipinski definition) is 1. The smallest absolute Gasteiger partial charge is 0.331 e. The fourth-order valence-electron chi connectivity index (χ4n) is 1.60. The summed E-state index contributed by atoms with van der Waals surface area (Å²) in [5, 5.41) is 8.43. The van der Waals surface area contributed by atoms with E-state index in [9.17, 15) is 14.4 Å². The number of ether oxygens (including phenoxy) is 1. The van der Waals surface area contributed by atoms with Gasteiger partial charge in [0.1, 0.15) is 0 Å². The van der Waals surface area contributed by atoms with E-state index in [-0.39, 0.29) is 18.6 Å². The normalized spacial score (nSPS) is 12.1. The Morgan fingerprint density at radius 1 is 1.20 bits per heavy atom. The maximum absolute atomic E-state index is 11.8. The second kappa shape index (κ2) is 7.89. The molecule has 0 aliphatic carbocycles. The van der Waals surface area contributed by atoms with Crippen molar-refractivity contribution in [2.24, 2.45) is 0 Å². The number of carboxylic acid groups (broad SMARTS) is 1. The van der Waals surface area contributed by atoms with Crippen LogP contribution < -0.4 is 0 Å². The lowest BCUT2D eigenvalue weighted by Gasteiger charge is -2.15. The van der Waals surface area contributed by atoms with E-state index >= 15 is 0 Å². The number of carboxylic acids is 1. The van der Waals surface area contributed by atoms with Crippen molar-refractivity contribution in [3.63, 3.8) is 0 Å². The summed E-state index contributed by atoms with van der Waals surface area (Å²) in [6.45, 7) is 1.68. The minimum Gasteiger partial charge on any atom is -0.478 e. The highest BCUT2D eigenvalue weighted by atomic mass is 16.5. The second-order valence-electron chi connectivity index (χ2n) is 4.11. The highest BCUT2D eigenvalue weighted by Gasteiger charge is 2.20. The third kappa shape index (κ3) is 5.48. The monoisotopic (exact) mass is 276 g/mol. The Balaban J connectivity index is 2.73. The molecular weight excluding hydrogens is 260 g/mol. The zero-order valence-corrected chi connectivity index (χ0v) is 11.1. The molecule has 5 heteroatoms. The first-order chi connectivity index (χ1) is 9.52. The van der Waals surface area contributed by atoms with E-state index < -0.39 is 18.0 Å². The summed E-state index contributed by atoms with van der Waals surface area (Å²) >= 11 is 0. The number of benzene rings is 1. The molecule has 1 N–H and O–H groups in total. The van der Waals surface area contributed by atoms with Crippen molar-refractivity contribution >= 4 is 17.7 Å². The van der Waals surface area contributed by atoms with Crippen LogP contribution in [0, 0.1) is 0 Å². The number of hydrogen-bond acceptors (Lipinski definition) is 4. The van der Waals surface area contributed by atoms with Crippen molar-refractivity contribution in [1.29, 1.82) is 0 Å². The first-order valence-electron chi connectivity index (χ1n) is 6.21. The lowest BCUT2D eigenvalue weighted by atomic mass is 10.0. The molecule has 0 aliphatic rings. The predicted octanol–water partition coefficient (Wildman–Crippen LogP) is 1.76. The quantitative estimate of drug-likeness (QED) is 0.606. The maximum atomic E-state index is 11.8. The molecular formula is C15H16O5. The van der Waals surface area contributed by atoms with E-state index in [4.69, 9.17) is 9.84 Å². The van der Waals surface area contributed by atoms with Crippen LogP contribution in [0.5, 0.6) is 0 Å². The molecule has 0 fully saturated rings. The van der Waals surface area contributed by atoms with E-state index in [0.717, 1.165) is 11.6 Å². The molecule has 1 aromatic rings. The number of carbonyl (C=O) groups excluding carboxylic acids is 2. The van der Waals surface area contributed by atoms with E-state index in [0.29, 0.717) is 6.08 Å². The molecule has 106 valence electrons. The van der Waals surface area contributed by atoms with Gasteiger partial charge in [-0.05, 0) is 5.56 Å². The Labute approximate surface area is 116 Å². The minimum atomic E-state index is -1.25. The molecule has 0 saturated carbocycles. The molecule has 1 unspecified atom stereocenters. The lowest BCUT2D eigenvalue weighted by Crippen LogP contribution is -2.28. The van der Waals surface area contributed by atoms with Gasteiger partial charge in [-0.2, -0.15) is 0 Å². The summed E-state index contributed by atoms with van der Waals surface area (Å²) in [7, 11) is 0. The van der Waals surface area contributed by atoms with Crippen LogP contribution in [-0.2, 0) is 25.5 Å². The van der Waals surface area contributed by atoms with Crippen molar-refractivity contribution in [1.82, 2.24) is 0 Å². The fraction of sp³-hybridized carbons (Fsp3) is 0.267. The van der Waals surface area contributed by atoms with Crippen LogP contribution in [0.1, 0.15) is 18.9 Å². The van der Waals surface area contributed by atoms with Gasteiger partial charge in [-0.25, -0.2) is 9.59 Å². The van der Waals surface area contributed by atoms with Crippen LogP contribution in [-0.4, -0.2) is 28.9 Å². The number of esters is 1. The average Bonchev–Trinajstić information content (AvgIpc) is 2.44. The number of rotatable bonds is 7. The summed E-state index contributed by atoms with van der Waals surface area (Å²) in [6, 6.07) is 9.17. The van der Waals surface area contributed by atoms with Crippen LogP contribution in [0.2, 0.25) is 0 Å². The Morgan fingerprint density at radius 3 is 2.40 bits per heavy atom. The topological polar surface area (TPSA) is 80.7 Å². The maximum Gasteiger partial charge on any atom is 0.331 e. The van der Waals surface area contributed by atoms with Crippen LogP contribution >= 0.6 is 0 Å². The van der Waals surface area contributed by atoms with Crippen LogP contribution in [0.25, 0.3) is 0 Å². The number of Topliss-reactive ketones (excluding diaryl/α,β-unsaturated/α-hetero) is 1. The summed E-state index contributed by atoms with van der Waals surface area (Å²) in [5.74, 6) is -2.29. The van der Waals surface area contributed by atoms with Gasteiger partial charge in [0.15, 0.2) is 11.9 Å². The van der Waals surface area contributed by atoms with Crippen molar-refractivity contribution in [3.05, 3.63) is 48.0 Å². The molecule has 20 heavy (non-hydrogen) atoms. The van der Waals surface area contributed by atoms with Gasteiger partial charge in [0.25, 0.3) is 0 Å². The van der Waals surface area contributed by atoms with Crippen LogP contribution in [0.15, 0.2) is 42.5 Å². The Morgan fingerprint density at radius 2 is 1.85 bits per heavy atom. The summed E-state index contributed by atoms with van der Waals surface area (Å²) in [6.07, 6.45) is 1.10. The van der Waals surface area contributed by atoms with E-state index in [1.54, 1.807) is 6.92 Å². The molecule has 0 amide bonds. The molecule has 5 nitrogen and oxygen atoms in total. The third-order valence-electron chi connectivity index (χ3n) is 2.59. The molecule has 1 aromatic carbocycles. The van der Waals surface area contributed by atoms with Gasteiger partial charge in [0, 0.05) is 25.0 Å². The molecule has 0 heterocycles. The summed E-state index contributed by atoms with van der Waals surface area (Å²) in [5.41, 5.74) is 0.870. The SMILES string of the molecule is CCC(=O)C(Cc1ccccc1)OC(=O)C=CC(=O)O. The second-order valence-corrected chi connectivity index (χ2v) is 4.11. The Bertz CT molecular complexity index is 504. The average molecular weight is 276 g/mol. The van der Waals surface area contributed by atoms with E-state index in [1.165, 1.54) is 0 Å². The zero-order valence-electron chi connectivity index (χ0n) is 11.1. The molecule has 1 rings (SSSR count). The van der Waals surface area contributed by atoms with Gasteiger partial charge in [-0.3, -0.25) is 4.79 Å². The first-order valence-corrected chi connectivity index (χ1v) is 6.21. The Hall–Kier alpha value is -2.43. The number of aliphatic carboxylic acids is 1. The minimum absolute atomic E-state index is 0.203. The number of ketones is 1. The fourth-order valence-corrected chi connectivity index (χ4v) is 1.60. The van der Waals surface area contributed by atoms with Gasteiger partial charge < -0.3 is 9.84 Å². The van der Waals surface area contributed by atoms with Crippen molar-refractivity contribution in [2.45, 2.75) is 25.9 Å². The standard InChI is InChI=1S/C15H16O5/c1-2-12(16)13(10-11-6-4-3-5-7-11)20-15(19)9-8-14(17)18/h3-9,13H,2,10H2,1H3,(H,17,18). The van der Waals surface area contributed by atoms with Gasteiger partial charge >= 0.3 is 11.9 Å². The molecule has 1 atom stereocenters. The first kappa shape index (κ1) is 15.6. The molecule has 0 bridgehead atoms. The molecule has 0 spiro atoms. The largest absolute Gasteiger partial charge is 0.478 e. The lowest BCUT2D eigenvalue weighted by molar-refractivity contribution is -0.150. The Kier molecular flexibility index (Phi) is 6.16. The number of carbonyl (C=O) groups is 3. The predicted molar refractivity (Wildman–Crippen MR) is 72.1 cm³/mol. The van der Waals surface area contributed by atoms with Gasteiger partial charge in [0.2, 0.25) is 0 Å². The zero-order chi connectivity index (χ0) is 15.0. The van der Waals surface area contributed by atoms with E-state index in [2.05, 4.69) is 0 Å². The summed E-state index contributed by atoms with van der Waals surface area (Å²) < 4.78 is 5.02. The third-order valence-corrected chi connectivity index (χ3v) is 2.59. The van der Waals surface area contributed by atoms with Gasteiger partial charge in [-0.1, -0.05) is 37.3 Å². The molecule has 0 aromatic heterocycles. The highest BCUT2D eigenvalue weighted by Crippen LogP contribution is 2.09. The van der Waals surface area contributed by atoms with Crippen molar-refractivity contribution in [3.8, 4) is 0 Å². The van der Waals surface area contributed by atoms with E-state index in [1.807, 2.05) is 30.3 Å². The van der Waals surface area contributed by atoms with Gasteiger partial charge in [0.05, 0.1) is 0 Å². The van der Waals surface area contributed by atoms with Crippen LogP contribution in [0.4, 0.5) is 0 Å². The summed E-state index contributed by atoms with van der Waals surface area (Å²) in [4.78, 5) is 33.5. The highest BCUT2D eigenvalue weighted by molar-refractivity contribution is 5.93. The van der Waals surface area contributed by atoms with Crippen molar-refractivity contribution in [2.75, 3.05) is 0 Å². The van der Waals surface area contributed by atoms with Crippen molar-refractivity contribution < 1.29 is 24.2 Å². The molecule has 0 radical (unpaired) electrons.